The van der Waals surface area contributed by atoms with E-state index in [2.05, 4.69) is 5.32 Å². The first-order valence-corrected chi connectivity index (χ1v) is 6.06. The summed E-state index contributed by atoms with van der Waals surface area (Å²) in [6.45, 7) is 6.32. The van der Waals surface area contributed by atoms with Gasteiger partial charge in [0.15, 0.2) is 0 Å². The summed E-state index contributed by atoms with van der Waals surface area (Å²) in [6, 6.07) is 5.93. The van der Waals surface area contributed by atoms with Crippen LogP contribution < -0.4 is 5.32 Å². The van der Waals surface area contributed by atoms with E-state index in [4.69, 9.17) is 0 Å². The van der Waals surface area contributed by atoms with Gasteiger partial charge in [-0.05, 0) is 37.1 Å². The Morgan fingerprint density at radius 1 is 1.39 bits per heavy atom. The van der Waals surface area contributed by atoms with E-state index < -0.39 is 11.5 Å². The Balaban J connectivity index is 2.79. The number of nitrogens with one attached hydrogen (secondary N) is 1. The van der Waals surface area contributed by atoms with Gasteiger partial charge in [-0.15, -0.1) is 0 Å². The predicted octanol–water partition coefficient (Wildman–Crippen LogP) is 2.46. The maximum Gasteiger partial charge on any atom is 0.323 e. The minimum absolute atomic E-state index is 0.314. The van der Waals surface area contributed by atoms with E-state index in [1.807, 2.05) is 13.8 Å². The molecular formula is C14H20FNO2. The number of hydrogen-bond donors (Lipinski definition) is 2. The number of halogens is 1. The second-order valence-electron chi connectivity index (χ2n) is 5.22. The number of hydrogen-bond acceptors (Lipinski definition) is 2. The van der Waals surface area contributed by atoms with Crippen molar-refractivity contribution in [3.8, 4) is 0 Å². The van der Waals surface area contributed by atoms with Crippen molar-refractivity contribution < 1.29 is 14.3 Å². The number of aliphatic carboxylic acids is 1. The Labute approximate surface area is 107 Å². The van der Waals surface area contributed by atoms with Gasteiger partial charge in [-0.1, -0.05) is 26.0 Å². The molecule has 1 aromatic rings. The van der Waals surface area contributed by atoms with Gasteiger partial charge in [0, 0.05) is 6.42 Å². The summed E-state index contributed by atoms with van der Waals surface area (Å²) in [5, 5.41) is 12.4. The average molecular weight is 253 g/mol. The van der Waals surface area contributed by atoms with E-state index in [9.17, 15) is 14.3 Å². The quantitative estimate of drug-likeness (QED) is 0.818. The molecule has 18 heavy (non-hydrogen) atoms. The SMILES string of the molecule is CC(C)CNC(C)(Cc1ccc(F)cc1)C(=O)O. The number of benzene rings is 1. The zero-order valence-corrected chi connectivity index (χ0v) is 11.0. The Bertz CT molecular complexity index is 403. The molecule has 0 aromatic heterocycles. The van der Waals surface area contributed by atoms with Crippen LogP contribution in [0.1, 0.15) is 26.3 Å². The van der Waals surface area contributed by atoms with Crippen molar-refractivity contribution in [2.75, 3.05) is 6.54 Å². The lowest BCUT2D eigenvalue weighted by Crippen LogP contribution is -2.52. The van der Waals surface area contributed by atoms with Gasteiger partial charge >= 0.3 is 5.97 Å². The van der Waals surface area contributed by atoms with Crippen LogP contribution in [0.25, 0.3) is 0 Å². The average Bonchev–Trinajstić information content (AvgIpc) is 2.29. The number of carbonyl (C=O) groups is 1. The van der Waals surface area contributed by atoms with Gasteiger partial charge in [0.05, 0.1) is 0 Å². The molecule has 0 spiro atoms. The van der Waals surface area contributed by atoms with Crippen molar-refractivity contribution in [2.45, 2.75) is 32.7 Å². The molecule has 4 heteroatoms. The van der Waals surface area contributed by atoms with Gasteiger partial charge in [0.1, 0.15) is 11.4 Å². The molecule has 0 bridgehead atoms. The zero-order valence-electron chi connectivity index (χ0n) is 11.0. The van der Waals surface area contributed by atoms with Crippen LogP contribution in [0.4, 0.5) is 4.39 Å². The molecule has 0 aliphatic rings. The molecule has 0 fully saturated rings. The topological polar surface area (TPSA) is 49.3 Å². The van der Waals surface area contributed by atoms with Gasteiger partial charge in [0.2, 0.25) is 0 Å². The minimum Gasteiger partial charge on any atom is -0.480 e. The Morgan fingerprint density at radius 2 is 1.94 bits per heavy atom. The highest BCUT2D eigenvalue weighted by molar-refractivity contribution is 5.78. The molecule has 1 rings (SSSR count). The third-order valence-electron chi connectivity index (χ3n) is 2.84. The fraction of sp³-hybridized carbons (Fsp3) is 0.500. The third kappa shape index (κ3) is 4.11. The molecule has 0 saturated heterocycles. The molecular weight excluding hydrogens is 233 g/mol. The van der Waals surface area contributed by atoms with Gasteiger partial charge in [0.25, 0.3) is 0 Å². The van der Waals surface area contributed by atoms with Crippen LogP contribution in [0, 0.1) is 11.7 Å². The molecule has 2 N–H and O–H groups in total. The Morgan fingerprint density at radius 3 is 2.39 bits per heavy atom. The maximum atomic E-state index is 12.8. The van der Waals surface area contributed by atoms with Gasteiger partial charge in [-0.25, -0.2) is 4.39 Å². The van der Waals surface area contributed by atoms with E-state index in [0.29, 0.717) is 18.9 Å². The maximum absolute atomic E-state index is 12.8. The van der Waals surface area contributed by atoms with Crippen molar-refractivity contribution in [3.05, 3.63) is 35.6 Å². The molecule has 1 aromatic carbocycles. The van der Waals surface area contributed by atoms with Crippen LogP contribution in [0.2, 0.25) is 0 Å². The van der Waals surface area contributed by atoms with Gasteiger partial charge < -0.3 is 10.4 Å². The molecule has 0 radical (unpaired) electrons. The largest absolute Gasteiger partial charge is 0.480 e. The van der Waals surface area contributed by atoms with E-state index in [0.717, 1.165) is 5.56 Å². The standard InChI is InChI=1S/C14H20FNO2/c1-10(2)9-16-14(3,13(17)18)8-11-4-6-12(15)7-5-11/h4-7,10,16H,8-9H2,1-3H3,(H,17,18). The predicted molar refractivity (Wildman–Crippen MR) is 69.0 cm³/mol. The first-order chi connectivity index (χ1) is 8.33. The van der Waals surface area contributed by atoms with E-state index in [-0.39, 0.29) is 5.82 Å². The summed E-state index contributed by atoms with van der Waals surface area (Å²) in [5.41, 5.74) is -0.222. The molecule has 3 nitrogen and oxygen atoms in total. The summed E-state index contributed by atoms with van der Waals surface area (Å²) in [5.74, 6) is -0.838. The van der Waals surface area contributed by atoms with Crippen molar-refractivity contribution in [1.29, 1.82) is 0 Å². The van der Waals surface area contributed by atoms with Gasteiger partial charge in [-0.3, -0.25) is 4.79 Å². The van der Waals surface area contributed by atoms with Crippen LogP contribution in [0.5, 0.6) is 0 Å². The van der Waals surface area contributed by atoms with Crippen LogP contribution in [0.3, 0.4) is 0 Å². The summed E-state index contributed by atoms with van der Waals surface area (Å²) < 4.78 is 12.8. The minimum atomic E-state index is -1.03. The normalized spacial score (nSPS) is 14.5. The number of carboxylic acid groups (broad SMARTS) is 1. The van der Waals surface area contributed by atoms with Crippen LogP contribution in [0.15, 0.2) is 24.3 Å². The molecule has 0 aliphatic heterocycles. The van der Waals surface area contributed by atoms with E-state index >= 15 is 0 Å². The highest BCUT2D eigenvalue weighted by atomic mass is 19.1. The van der Waals surface area contributed by atoms with Crippen molar-refractivity contribution in [1.82, 2.24) is 5.32 Å². The van der Waals surface area contributed by atoms with Crippen LogP contribution in [-0.4, -0.2) is 23.2 Å². The molecule has 1 unspecified atom stereocenters. The third-order valence-corrected chi connectivity index (χ3v) is 2.84. The van der Waals surface area contributed by atoms with Gasteiger partial charge in [-0.2, -0.15) is 0 Å². The highest BCUT2D eigenvalue weighted by Crippen LogP contribution is 2.15. The Kier molecular flexibility index (Phi) is 4.84. The fourth-order valence-electron chi connectivity index (χ4n) is 1.65. The van der Waals surface area contributed by atoms with Crippen molar-refractivity contribution in [2.24, 2.45) is 5.92 Å². The van der Waals surface area contributed by atoms with E-state index in [1.54, 1.807) is 19.1 Å². The summed E-state index contributed by atoms with van der Waals surface area (Å²) in [4.78, 5) is 11.4. The summed E-state index contributed by atoms with van der Waals surface area (Å²) >= 11 is 0. The lowest BCUT2D eigenvalue weighted by Gasteiger charge is -2.27. The summed E-state index contributed by atoms with van der Waals surface area (Å²) in [6.07, 6.45) is 0.329. The second kappa shape index (κ2) is 5.96. The second-order valence-corrected chi connectivity index (χ2v) is 5.22. The Hall–Kier alpha value is -1.42. The monoisotopic (exact) mass is 253 g/mol. The lowest BCUT2D eigenvalue weighted by molar-refractivity contribution is -0.144. The zero-order chi connectivity index (χ0) is 13.8. The number of rotatable bonds is 6. The molecule has 1 atom stereocenters. The fourth-order valence-corrected chi connectivity index (χ4v) is 1.65. The van der Waals surface area contributed by atoms with E-state index in [1.165, 1.54) is 12.1 Å². The van der Waals surface area contributed by atoms with Crippen LogP contribution >= 0.6 is 0 Å². The van der Waals surface area contributed by atoms with Crippen molar-refractivity contribution >= 4 is 5.97 Å². The lowest BCUT2D eigenvalue weighted by atomic mass is 9.92. The molecule has 0 amide bonds. The molecule has 0 heterocycles. The molecule has 0 saturated carbocycles. The van der Waals surface area contributed by atoms with Crippen molar-refractivity contribution in [3.63, 3.8) is 0 Å². The smallest absolute Gasteiger partial charge is 0.323 e. The first kappa shape index (κ1) is 14.6. The number of carboxylic acids is 1. The highest BCUT2D eigenvalue weighted by Gasteiger charge is 2.32. The molecule has 100 valence electrons. The van der Waals surface area contributed by atoms with Crippen LogP contribution in [-0.2, 0) is 11.2 Å². The first-order valence-electron chi connectivity index (χ1n) is 6.06. The summed E-state index contributed by atoms with van der Waals surface area (Å²) in [7, 11) is 0. The molecule has 0 aliphatic carbocycles.